The van der Waals surface area contributed by atoms with Crippen LogP contribution in [0.15, 0.2) is 0 Å². The molecule has 0 aromatic rings. The summed E-state index contributed by atoms with van der Waals surface area (Å²) >= 11 is 0. The van der Waals surface area contributed by atoms with E-state index in [1.165, 1.54) is 0 Å². The molecule has 0 aromatic heterocycles. The summed E-state index contributed by atoms with van der Waals surface area (Å²) in [7, 11) is 0. The molecule has 11 heavy (non-hydrogen) atoms. The summed E-state index contributed by atoms with van der Waals surface area (Å²) in [4.78, 5) is 0. The van der Waals surface area contributed by atoms with Crippen LogP contribution in [0.4, 0.5) is 0 Å². The molecular weight excluding hydrogens is 148 g/mol. The zero-order chi connectivity index (χ0) is 7.59. The first kappa shape index (κ1) is 6.37. The summed E-state index contributed by atoms with van der Waals surface area (Å²) in [5.74, 6) is 0.242. The fourth-order valence-corrected chi connectivity index (χ4v) is 2.32. The zero-order valence-electron chi connectivity index (χ0n) is 5.88. The summed E-state index contributed by atoms with van der Waals surface area (Å²) < 4.78 is 10.4. The molecule has 4 nitrogen and oxygen atoms in total. The van der Waals surface area contributed by atoms with Gasteiger partial charge in [0.2, 0.25) is 0 Å². The molecule has 6 atom stereocenters. The fraction of sp³-hybridized carbons (Fsp3) is 1.00. The number of rotatable bonds is 0. The molecule has 2 N–H and O–H groups in total. The van der Waals surface area contributed by atoms with Crippen molar-refractivity contribution in [1.29, 1.82) is 0 Å². The van der Waals surface area contributed by atoms with Crippen molar-refractivity contribution in [2.75, 3.05) is 6.61 Å². The molecular formula is C7H10O4. The normalized spacial score (nSPS) is 66.0. The van der Waals surface area contributed by atoms with Gasteiger partial charge in [0.1, 0.15) is 6.10 Å². The summed E-state index contributed by atoms with van der Waals surface area (Å²) in [5, 5.41) is 18.7. The molecule has 1 aliphatic carbocycles. The molecule has 4 rings (SSSR count). The SMILES string of the molecule is OC1OCC2C(O)C3C1OC23. The number of hydrogen-bond donors (Lipinski definition) is 2. The Bertz CT molecular complexity index is 182. The van der Waals surface area contributed by atoms with Gasteiger partial charge in [0.05, 0.1) is 18.8 Å². The molecule has 3 heterocycles. The zero-order valence-corrected chi connectivity index (χ0v) is 5.88. The molecule has 6 unspecified atom stereocenters. The van der Waals surface area contributed by atoms with E-state index in [1.807, 2.05) is 0 Å². The highest BCUT2D eigenvalue weighted by atomic mass is 16.7. The van der Waals surface area contributed by atoms with Crippen LogP contribution < -0.4 is 0 Å². The van der Waals surface area contributed by atoms with Crippen LogP contribution >= 0.6 is 0 Å². The number of aliphatic hydroxyl groups excluding tert-OH is 2. The highest BCUT2D eigenvalue weighted by Crippen LogP contribution is 2.52. The van der Waals surface area contributed by atoms with E-state index in [1.54, 1.807) is 0 Å². The number of ether oxygens (including phenoxy) is 2. The van der Waals surface area contributed by atoms with Gasteiger partial charge in [-0.3, -0.25) is 0 Å². The molecule has 3 aliphatic heterocycles. The molecule has 4 fully saturated rings. The number of hydrogen-bond acceptors (Lipinski definition) is 4. The standard InChI is InChI=1S/C7H10O4/c8-4-2-1-10-7(9)6-3(4)5(2)11-6/h2-9H,1H2. The minimum Gasteiger partial charge on any atom is -0.392 e. The average Bonchev–Trinajstić information content (AvgIpc) is 2.18. The Balaban J connectivity index is 1.90. The third-order valence-electron chi connectivity index (χ3n) is 3.07. The Morgan fingerprint density at radius 3 is 2.73 bits per heavy atom. The summed E-state index contributed by atoms with van der Waals surface area (Å²) in [6.45, 7) is 0.431. The number of aliphatic hydroxyl groups is 2. The molecule has 4 aliphatic rings. The van der Waals surface area contributed by atoms with Gasteiger partial charge >= 0.3 is 0 Å². The van der Waals surface area contributed by atoms with Gasteiger partial charge in [-0.15, -0.1) is 0 Å². The molecule has 0 radical (unpaired) electrons. The first-order chi connectivity index (χ1) is 5.29. The molecule has 4 heteroatoms. The van der Waals surface area contributed by atoms with Crippen molar-refractivity contribution in [3.05, 3.63) is 0 Å². The first-order valence-corrected chi connectivity index (χ1v) is 3.92. The van der Waals surface area contributed by atoms with Crippen molar-refractivity contribution >= 4 is 0 Å². The van der Waals surface area contributed by atoms with E-state index in [-0.39, 0.29) is 30.1 Å². The van der Waals surface area contributed by atoms with Crippen molar-refractivity contribution in [3.63, 3.8) is 0 Å². The van der Waals surface area contributed by atoms with Crippen LogP contribution in [-0.2, 0) is 9.47 Å². The van der Waals surface area contributed by atoms with E-state index in [9.17, 15) is 10.2 Å². The second-order valence-corrected chi connectivity index (χ2v) is 3.52. The molecule has 0 aromatic carbocycles. The third kappa shape index (κ3) is 0.561. The van der Waals surface area contributed by atoms with Gasteiger partial charge in [-0.1, -0.05) is 0 Å². The van der Waals surface area contributed by atoms with Crippen molar-refractivity contribution in [1.82, 2.24) is 0 Å². The topological polar surface area (TPSA) is 58.9 Å². The van der Waals surface area contributed by atoms with Crippen molar-refractivity contribution < 1.29 is 19.7 Å². The first-order valence-electron chi connectivity index (χ1n) is 3.92. The predicted octanol–water partition coefficient (Wildman–Crippen LogP) is -1.29. The summed E-state index contributed by atoms with van der Waals surface area (Å²) in [6, 6.07) is 0. The second kappa shape index (κ2) is 1.77. The average molecular weight is 158 g/mol. The third-order valence-corrected chi connectivity index (χ3v) is 3.07. The Kier molecular flexibility index (Phi) is 1.02. The van der Waals surface area contributed by atoms with Crippen LogP contribution in [0.3, 0.4) is 0 Å². The maximum atomic E-state index is 9.45. The van der Waals surface area contributed by atoms with E-state index in [0.717, 1.165) is 0 Å². The maximum Gasteiger partial charge on any atom is 0.181 e. The maximum absolute atomic E-state index is 9.45. The minimum absolute atomic E-state index is 0.105. The Morgan fingerprint density at radius 1 is 1.18 bits per heavy atom. The lowest BCUT2D eigenvalue weighted by atomic mass is 9.63. The van der Waals surface area contributed by atoms with Crippen LogP contribution in [0.5, 0.6) is 0 Å². The van der Waals surface area contributed by atoms with Gasteiger partial charge in [-0.2, -0.15) is 0 Å². The minimum atomic E-state index is -0.821. The van der Waals surface area contributed by atoms with Crippen LogP contribution in [0.1, 0.15) is 0 Å². The van der Waals surface area contributed by atoms with Crippen LogP contribution in [-0.4, -0.2) is 41.4 Å². The molecule has 1 saturated carbocycles. The quantitative estimate of drug-likeness (QED) is 0.460. The summed E-state index contributed by atoms with van der Waals surface area (Å²) in [5.41, 5.74) is 0. The lowest BCUT2D eigenvalue weighted by Crippen LogP contribution is -2.71. The van der Waals surface area contributed by atoms with Crippen molar-refractivity contribution in [2.45, 2.75) is 24.6 Å². The van der Waals surface area contributed by atoms with E-state index >= 15 is 0 Å². The van der Waals surface area contributed by atoms with Crippen LogP contribution in [0.25, 0.3) is 0 Å². The Hall–Kier alpha value is -0.160. The number of fused-ring (bicyclic) bond motifs is 2. The van der Waals surface area contributed by atoms with Gasteiger partial charge in [0.25, 0.3) is 0 Å². The van der Waals surface area contributed by atoms with Gasteiger partial charge in [0.15, 0.2) is 6.29 Å². The predicted molar refractivity (Wildman–Crippen MR) is 33.6 cm³/mol. The van der Waals surface area contributed by atoms with Gasteiger partial charge in [-0.05, 0) is 0 Å². The molecule has 0 spiro atoms. The van der Waals surface area contributed by atoms with E-state index < -0.39 is 6.29 Å². The highest BCUT2D eigenvalue weighted by Gasteiger charge is 2.66. The largest absolute Gasteiger partial charge is 0.392 e. The highest BCUT2D eigenvalue weighted by molar-refractivity contribution is 5.11. The lowest BCUT2D eigenvalue weighted by molar-refractivity contribution is -0.329. The second-order valence-electron chi connectivity index (χ2n) is 3.52. The molecule has 3 saturated heterocycles. The van der Waals surface area contributed by atoms with Crippen LogP contribution in [0, 0.1) is 11.8 Å². The fourth-order valence-electron chi connectivity index (χ4n) is 2.32. The molecule has 4 bridgehead atoms. The summed E-state index contributed by atoms with van der Waals surface area (Å²) in [6.07, 6.45) is -1.24. The monoisotopic (exact) mass is 158 g/mol. The molecule has 0 amide bonds. The van der Waals surface area contributed by atoms with Crippen LogP contribution in [0.2, 0.25) is 0 Å². The van der Waals surface area contributed by atoms with Crippen molar-refractivity contribution in [2.24, 2.45) is 11.8 Å². The van der Waals surface area contributed by atoms with Crippen molar-refractivity contribution in [3.8, 4) is 0 Å². The van der Waals surface area contributed by atoms with E-state index in [4.69, 9.17) is 9.47 Å². The van der Waals surface area contributed by atoms with E-state index in [2.05, 4.69) is 0 Å². The van der Waals surface area contributed by atoms with Gasteiger partial charge < -0.3 is 19.7 Å². The van der Waals surface area contributed by atoms with E-state index in [0.29, 0.717) is 6.61 Å². The van der Waals surface area contributed by atoms with Gasteiger partial charge in [0, 0.05) is 11.8 Å². The Labute approximate surface area is 63.7 Å². The van der Waals surface area contributed by atoms with Gasteiger partial charge in [-0.25, -0.2) is 0 Å². The smallest absolute Gasteiger partial charge is 0.181 e. The lowest BCUT2D eigenvalue weighted by Gasteiger charge is -2.58. The Morgan fingerprint density at radius 2 is 2.00 bits per heavy atom. The molecule has 62 valence electrons.